The second kappa shape index (κ2) is 10.4. The molecule has 2 amide bonds. The highest BCUT2D eigenvalue weighted by Gasteiger charge is 2.25. The lowest BCUT2D eigenvalue weighted by atomic mass is 10.0. The van der Waals surface area contributed by atoms with Crippen molar-refractivity contribution in [2.75, 3.05) is 25.0 Å². The topological polar surface area (TPSA) is 44.8 Å². The van der Waals surface area contributed by atoms with E-state index >= 15 is 0 Å². The minimum absolute atomic E-state index is 0.190. The molecule has 1 aliphatic heterocycles. The average molecular weight is 414 g/mol. The van der Waals surface area contributed by atoms with Gasteiger partial charge in [0.05, 0.1) is 13.2 Å². The number of amides is 2. The fraction of sp³-hybridized carbons (Fsp3) is 0.458. The molecular weight excluding hydrogens is 381 g/mol. The summed E-state index contributed by atoms with van der Waals surface area (Å²) in [5.74, 6) is 1.63. The average Bonchev–Trinajstić information content (AvgIpc) is 2.73. The number of carbonyl (C=O) groups is 1. The molecule has 1 heterocycles. The first-order chi connectivity index (χ1) is 14.4. The Balaban J connectivity index is 1.68. The number of hydrogen-bond acceptors (Lipinski definition) is 3. The summed E-state index contributed by atoms with van der Waals surface area (Å²) in [6, 6.07) is 13.6. The summed E-state index contributed by atoms with van der Waals surface area (Å²) >= 11 is 0. The quantitative estimate of drug-likeness (QED) is 0.648. The number of rotatable bonds is 7. The van der Waals surface area contributed by atoms with Gasteiger partial charge >= 0.3 is 6.03 Å². The summed E-state index contributed by atoms with van der Waals surface area (Å²) < 4.78 is 19.0. The number of nitrogens with one attached hydrogen (secondary N) is 1. The summed E-state index contributed by atoms with van der Waals surface area (Å²) in [5.41, 5.74) is 1.61. The number of benzene rings is 2. The van der Waals surface area contributed by atoms with Crippen molar-refractivity contribution in [3.63, 3.8) is 0 Å². The van der Waals surface area contributed by atoms with E-state index in [4.69, 9.17) is 4.74 Å². The zero-order valence-electron chi connectivity index (χ0n) is 18.1. The predicted octanol–water partition coefficient (Wildman–Crippen LogP) is 5.54. The fourth-order valence-electron chi connectivity index (χ4n) is 3.38. The molecule has 0 bridgehead atoms. The van der Waals surface area contributed by atoms with Gasteiger partial charge in [0.2, 0.25) is 0 Å². The van der Waals surface area contributed by atoms with Gasteiger partial charge in [-0.2, -0.15) is 0 Å². The largest absolute Gasteiger partial charge is 0.493 e. The lowest BCUT2D eigenvalue weighted by Gasteiger charge is -2.39. The Morgan fingerprint density at radius 3 is 2.37 bits per heavy atom. The van der Waals surface area contributed by atoms with Crippen LogP contribution in [-0.2, 0) is 6.54 Å². The summed E-state index contributed by atoms with van der Waals surface area (Å²) in [7, 11) is 0. The van der Waals surface area contributed by atoms with Crippen LogP contribution in [0.5, 0.6) is 5.75 Å². The van der Waals surface area contributed by atoms with Gasteiger partial charge in [-0.3, -0.25) is 5.01 Å². The van der Waals surface area contributed by atoms with Crippen LogP contribution < -0.4 is 10.1 Å². The van der Waals surface area contributed by atoms with Crippen LogP contribution in [-0.4, -0.2) is 35.7 Å². The number of anilines is 1. The number of hydrogen-bond donors (Lipinski definition) is 1. The van der Waals surface area contributed by atoms with Crippen LogP contribution in [0.3, 0.4) is 0 Å². The standard InChI is InChI=1S/C24H32FN3O2/c1-18(2)17-30-23-10-8-22(9-11-23)26-24(29)28(27-14-12-19(3)13-15-27)16-20-4-6-21(25)7-5-20/h4-11,18-19H,12-17H2,1-3H3,(H,26,29). The molecule has 1 saturated heterocycles. The van der Waals surface area contributed by atoms with Crippen LogP contribution in [0.4, 0.5) is 14.9 Å². The number of urea groups is 1. The van der Waals surface area contributed by atoms with Crippen molar-refractivity contribution in [2.24, 2.45) is 11.8 Å². The van der Waals surface area contributed by atoms with Gasteiger partial charge in [-0.25, -0.2) is 14.2 Å². The van der Waals surface area contributed by atoms with Crippen molar-refractivity contribution in [3.8, 4) is 5.75 Å². The van der Waals surface area contributed by atoms with Gasteiger partial charge in [-0.15, -0.1) is 0 Å². The minimum atomic E-state index is -0.277. The molecule has 162 valence electrons. The molecular formula is C24H32FN3O2. The molecule has 0 unspecified atom stereocenters. The summed E-state index contributed by atoms with van der Waals surface area (Å²) in [6.07, 6.45) is 2.10. The van der Waals surface area contributed by atoms with E-state index in [1.54, 1.807) is 17.1 Å². The highest BCUT2D eigenvalue weighted by molar-refractivity contribution is 5.89. The number of nitrogens with zero attached hydrogens (tertiary/aromatic N) is 2. The van der Waals surface area contributed by atoms with Gasteiger partial charge in [0.1, 0.15) is 11.6 Å². The second-order valence-corrected chi connectivity index (χ2v) is 8.48. The maximum absolute atomic E-state index is 13.3. The number of ether oxygens (including phenoxy) is 1. The van der Waals surface area contributed by atoms with Gasteiger partial charge in [0.25, 0.3) is 0 Å². The Morgan fingerprint density at radius 2 is 1.77 bits per heavy atom. The Morgan fingerprint density at radius 1 is 1.13 bits per heavy atom. The molecule has 6 heteroatoms. The Kier molecular flexibility index (Phi) is 7.69. The number of halogens is 1. The van der Waals surface area contributed by atoms with Crippen molar-refractivity contribution in [3.05, 3.63) is 59.9 Å². The molecule has 0 aliphatic carbocycles. The first-order valence-corrected chi connectivity index (χ1v) is 10.7. The van der Waals surface area contributed by atoms with Crippen LogP contribution in [0, 0.1) is 17.7 Å². The van der Waals surface area contributed by atoms with E-state index in [1.807, 2.05) is 24.3 Å². The van der Waals surface area contributed by atoms with Crippen LogP contribution in [0.1, 0.15) is 39.2 Å². The first kappa shape index (κ1) is 22.1. The highest BCUT2D eigenvalue weighted by atomic mass is 19.1. The van der Waals surface area contributed by atoms with Crippen LogP contribution in [0.25, 0.3) is 0 Å². The van der Waals surface area contributed by atoms with Gasteiger partial charge < -0.3 is 10.1 Å². The van der Waals surface area contributed by atoms with Crippen molar-refractivity contribution in [1.29, 1.82) is 0 Å². The Labute approximate surface area is 178 Å². The monoisotopic (exact) mass is 413 g/mol. The summed E-state index contributed by atoms with van der Waals surface area (Å²) in [5, 5.41) is 6.82. The molecule has 0 spiro atoms. The van der Waals surface area contributed by atoms with E-state index in [1.165, 1.54) is 12.1 Å². The number of carbonyl (C=O) groups excluding carboxylic acids is 1. The molecule has 30 heavy (non-hydrogen) atoms. The molecule has 0 aromatic heterocycles. The molecule has 1 aliphatic rings. The van der Waals surface area contributed by atoms with E-state index in [9.17, 15) is 9.18 Å². The zero-order valence-corrected chi connectivity index (χ0v) is 18.1. The molecule has 3 rings (SSSR count). The molecule has 0 atom stereocenters. The Hall–Kier alpha value is -2.60. The van der Waals surface area contributed by atoms with Crippen molar-refractivity contribution >= 4 is 11.7 Å². The van der Waals surface area contributed by atoms with E-state index in [0.717, 1.165) is 37.2 Å². The van der Waals surface area contributed by atoms with E-state index < -0.39 is 0 Å². The zero-order chi connectivity index (χ0) is 21.5. The number of piperidine rings is 1. The van der Waals surface area contributed by atoms with E-state index in [-0.39, 0.29) is 11.8 Å². The summed E-state index contributed by atoms with van der Waals surface area (Å²) in [4.78, 5) is 13.1. The smallest absolute Gasteiger partial charge is 0.336 e. The van der Waals surface area contributed by atoms with Gasteiger partial charge in [-0.1, -0.05) is 32.9 Å². The third-order valence-electron chi connectivity index (χ3n) is 5.27. The second-order valence-electron chi connectivity index (χ2n) is 8.48. The van der Waals surface area contributed by atoms with Gasteiger partial charge in [-0.05, 0) is 66.6 Å². The Bertz CT molecular complexity index is 800. The molecule has 2 aromatic rings. The molecule has 0 saturated carbocycles. The van der Waals surface area contributed by atoms with E-state index in [2.05, 4.69) is 31.1 Å². The third kappa shape index (κ3) is 6.46. The SMILES string of the molecule is CC(C)COc1ccc(NC(=O)N(Cc2ccc(F)cc2)N2CCC(C)CC2)cc1. The summed E-state index contributed by atoms with van der Waals surface area (Å²) in [6.45, 7) is 9.16. The van der Waals surface area contributed by atoms with Crippen molar-refractivity contribution in [1.82, 2.24) is 10.0 Å². The minimum Gasteiger partial charge on any atom is -0.493 e. The van der Waals surface area contributed by atoms with Crippen LogP contribution in [0.15, 0.2) is 48.5 Å². The van der Waals surface area contributed by atoms with Crippen LogP contribution in [0.2, 0.25) is 0 Å². The van der Waals surface area contributed by atoms with Crippen molar-refractivity contribution in [2.45, 2.75) is 40.2 Å². The maximum Gasteiger partial charge on any atom is 0.336 e. The lowest BCUT2D eigenvalue weighted by Crippen LogP contribution is -2.50. The third-order valence-corrected chi connectivity index (χ3v) is 5.27. The number of hydrazine groups is 1. The maximum atomic E-state index is 13.3. The van der Waals surface area contributed by atoms with Gasteiger partial charge in [0.15, 0.2) is 0 Å². The lowest BCUT2D eigenvalue weighted by molar-refractivity contribution is -0.0126. The molecule has 5 nitrogen and oxygen atoms in total. The van der Waals surface area contributed by atoms with E-state index in [0.29, 0.717) is 30.7 Å². The van der Waals surface area contributed by atoms with Crippen LogP contribution >= 0.6 is 0 Å². The highest BCUT2D eigenvalue weighted by Crippen LogP contribution is 2.22. The predicted molar refractivity (Wildman–Crippen MR) is 118 cm³/mol. The fourth-order valence-corrected chi connectivity index (χ4v) is 3.38. The first-order valence-electron chi connectivity index (χ1n) is 10.7. The molecule has 1 fully saturated rings. The van der Waals surface area contributed by atoms with Crippen molar-refractivity contribution < 1.29 is 13.9 Å². The molecule has 0 radical (unpaired) electrons. The molecule has 2 aromatic carbocycles. The normalized spacial score (nSPS) is 15.2. The van der Waals surface area contributed by atoms with Gasteiger partial charge in [0, 0.05) is 18.8 Å². The molecule has 1 N–H and O–H groups in total.